The summed E-state index contributed by atoms with van der Waals surface area (Å²) in [5.41, 5.74) is 0.480. The first-order valence-electron chi connectivity index (χ1n) is 7.62. The number of carbonyl (C=O) groups is 3. The topological polar surface area (TPSA) is 97.0 Å². The van der Waals surface area contributed by atoms with Gasteiger partial charge in [-0.2, -0.15) is 11.8 Å². The van der Waals surface area contributed by atoms with Crippen LogP contribution in [0.3, 0.4) is 0 Å². The van der Waals surface area contributed by atoms with Crippen molar-refractivity contribution >= 4 is 35.3 Å². The highest BCUT2D eigenvalue weighted by atomic mass is 32.2. The molecule has 0 aliphatic carbocycles. The van der Waals surface area contributed by atoms with Gasteiger partial charge in [-0.3, -0.25) is 14.5 Å². The van der Waals surface area contributed by atoms with Crippen LogP contribution in [0.2, 0.25) is 0 Å². The highest BCUT2D eigenvalue weighted by molar-refractivity contribution is 7.98. The smallest absolute Gasteiger partial charge is 0.325 e. The molecule has 0 saturated carbocycles. The Labute approximate surface area is 150 Å². The molecule has 0 radical (unpaired) electrons. The summed E-state index contributed by atoms with van der Waals surface area (Å²) < 4.78 is 10.3. The number of hydrogen-bond acceptors (Lipinski definition) is 6. The molecule has 1 aliphatic rings. The molecular weight excluding hydrogens is 346 g/mol. The number of nitrogens with one attached hydrogen (secondary N) is 2. The Hall–Kier alpha value is -2.42. The van der Waals surface area contributed by atoms with E-state index in [-0.39, 0.29) is 12.5 Å². The summed E-state index contributed by atoms with van der Waals surface area (Å²) in [5.74, 6) is 0.906. The van der Waals surface area contributed by atoms with Gasteiger partial charge in [0.15, 0.2) is 11.5 Å². The molecule has 0 bridgehead atoms. The van der Waals surface area contributed by atoms with Crippen LogP contribution in [0.5, 0.6) is 11.5 Å². The third-order valence-corrected chi connectivity index (χ3v) is 4.33. The van der Waals surface area contributed by atoms with Gasteiger partial charge in [0.2, 0.25) is 5.91 Å². The first-order valence-corrected chi connectivity index (χ1v) is 9.02. The number of thioether (sulfide) groups is 1. The van der Waals surface area contributed by atoms with E-state index in [1.165, 1.54) is 14.2 Å². The third-order valence-electron chi connectivity index (χ3n) is 3.69. The molecule has 8 nitrogen and oxygen atoms in total. The summed E-state index contributed by atoms with van der Waals surface area (Å²) in [5, 5.41) is 5.24. The van der Waals surface area contributed by atoms with E-state index in [0.717, 1.165) is 10.7 Å². The number of methoxy groups -OCH3 is 2. The van der Waals surface area contributed by atoms with Gasteiger partial charge in [-0.05, 0) is 30.6 Å². The SMILES string of the molecule is COc1ccc(NC(=O)CN2C(=O)N[C@H](CCSC)C2=O)cc1OC. The van der Waals surface area contributed by atoms with Crippen molar-refractivity contribution < 1.29 is 23.9 Å². The highest BCUT2D eigenvalue weighted by Gasteiger charge is 2.38. The largest absolute Gasteiger partial charge is 0.493 e. The normalized spacial score (nSPS) is 16.6. The van der Waals surface area contributed by atoms with Gasteiger partial charge in [-0.25, -0.2) is 4.79 Å². The lowest BCUT2D eigenvalue weighted by atomic mass is 10.2. The fraction of sp³-hybridized carbons (Fsp3) is 0.438. The van der Waals surface area contributed by atoms with E-state index < -0.39 is 18.0 Å². The minimum absolute atomic E-state index is 0.339. The number of urea groups is 1. The molecule has 1 aromatic rings. The zero-order valence-corrected chi connectivity index (χ0v) is 15.1. The molecule has 1 aromatic carbocycles. The monoisotopic (exact) mass is 367 g/mol. The van der Waals surface area contributed by atoms with Crippen LogP contribution < -0.4 is 20.1 Å². The van der Waals surface area contributed by atoms with E-state index in [1.807, 2.05) is 6.26 Å². The number of carbonyl (C=O) groups excluding carboxylic acids is 3. The van der Waals surface area contributed by atoms with Crippen LogP contribution in [-0.4, -0.2) is 61.6 Å². The first kappa shape index (κ1) is 18.9. The number of benzene rings is 1. The van der Waals surface area contributed by atoms with E-state index in [2.05, 4.69) is 10.6 Å². The van der Waals surface area contributed by atoms with E-state index in [1.54, 1.807) is 30.0 Å². The van der Waals surface area contributed by atoms with Gasteiger partial charge in [-0.15, -0.1) is 0 Å². The van der Waals surface area contributed by atoms with Crippen LogP contribution in [0.25, 0.3) is 0 Å². The molecule has 1 heterocycles. The number of nitrogens with zero attached hydrogens (tertiary/aromatic N) is 1. The molecule has 1 atom stereocenters. The molecule has 9 heteroatoms. The molecule has 1 saturated heterocycles. The molecular formula is C16H21N3O5S. The second kappa shape index (κ2) is 8.61. The Kier molecular flexibility index (Phi) is 6.51. The summed E-state index contributed by atoms with van der Waals surface area (Å²) in [7, 11) is 3.01. The summed E-state index contributed by atoms with van der Waals surface area (Å²) in [6, 6.07) is 3.80. The molecule has 1 aliphatic heterocycles. The van der Waals surface area contributed by atoms with E-state index in [0.29, 0.717) is 23.6 Å². The molecule has 4 amide bonds. The first-order chi connectivity index (χ1) is 12.0. The number of rotatable bonds is 8. The number of imide groups is 1. The van der Waals surface area contributed by atoms with Crippen molar-refractivity contribution in [3.63, 3.8) is 0 Å². The van der Waals surface area contributed by atoms with Crippen molar-refractivity contribution in [2.24, 2.45) is 0 Å². The van der Waals surface area contributed by atoms with Crippen molar-refractivity contribution in [1.82, 2.24) is 10.2 Å². The summed E-state index contributed by atoms with van der Waals surface area (Å²) in [6.45, 7) is -0.339. The minimum atomic E-state index is -0.561. The average Bonchev–Trinajstić information content (AvgIpc) is 2.87. The van der Waals surface area contributed by atoms with Gasteiger partial charge in [0.1, 0.15) is 12.6 Å². The van der Waals surface area contributed by atoms with Crippen molar-refractivity contribution in [2.45, 2.75) is 12.5 Å². The molecule has 0 aromatic heterocycles. The molecule has 2 rings (SSSR count). The fourth-order valence-corrected chi connectivity index (χ4v) is 2.89. The lowest BCUT2D eigenvalue weighted by Gasteiger charge is -2.14. The zero-order valence-electron chi connectivity index (χ0n) is 14.3. The Bertz CT molecular complexity index is 667. The van der Waals surface area contributed by atoms with Gasteiger partial charge in [-0.1, -0.05) is 0 Å². The maximum Gasteiger partial charge on any atom is 0.325 e. The second-order valence-electron chi connectivity index (χ2n) is 5.33. The minimum Gasteiger partial charge on any atom is -0.493 e. The van der Waals surface area contributed by atoms with Crippen molar-refractivity contribution in [2.75, 3.05) is 38.1 Å². The average molecular weight is 367 g/mol. The van der Waals surface area contributed by atoms with Crippen LogP contribution >= 0.6 is 11.8 Å². The van der Waals surface area contributed by atoms with E-state index in [4.69, 9.17) is 9.47 Å². The molecule has 0 unspecified atom stereocenters. The summed E-state index contributed by atoms with van der Waals surface area (Å²) in [6.07, 6.45) is 2.47. The van der Waals surface area contributed by atoms with Gasteiger partial charge in [0.05, 0.1) is 14.2 Å². The Balaban J connectivity index is 1.98. The van der Waals surface area contributed by atoms with Crippen molar-refractivity contribution in [1.29, 1.82) is 0 Å². The Morgan fingerprint density at radius 1 is 1.28 bits per heavy atom. The fourth-order valence-electron chi connectivity index (χ4n) is 2.42. The predicted molar refractivity (Wildman–Crippen MR) is 95.2 cm³/mol. The summed E-state index contributed by atoms with van der Waals surface area (Å²) >= 11 is 1.59. The molecule has 25 heavy (non-hydrogen) atoms. The van der Waals surface area contributed by atoms with E-state index >= 15 is 0 Å². The standard InChI is InChI=1S/C16H21N3O5S/c1-23-12-5-4-10(8-13(12)24-2)17-14(20)9-19-15(21)11(6-7-25-3)18-16(19)22/h4-5,8,11H,6-7,9H2,1-3H3,(H,17,20)(H,18,22)/t11-/m1/s1. The number of ether oxygens (including phenoxy) is 2. The lowest BCUT2D eigenvalue weighted by Crippen LogP contribution is -2.38. The van der Waals surface area contributed by atoms with Crippen molar-refractivity contribution in [3.05, 3.63) is 18.2 Å². The van der Waals surface area contributed by atoms with Crippen LogP contribution in [-0.2, 0) is 9.59 Å². The maximum absolute atomic E-state index is 12.2. The Morgan fingerprint density at radius 3 is 2.64 bits per heavy atom. The van der Waals surface area contributed by atoms with Gasteiger partial charge >= 0.3 is 6.03 Å². The van der Waals surface area contributed by atoms with Crippen LogP contribution in [0.4, 0.5) is 10.5 Å². The zero-order chi connectivity index (χ0) is 18.4. The predicted octanol–water partition coefficient (Wildman–Crippen LogP) is 1.32. The third kappa shape index (κ3) is 4.56. The lowest BCUT2D eigenvalue weighted by molar-refractivity contribution is -0.130. The summed E-state index contributed by atoms with van der Waals surface area (Å²) in [4.78, 5) is 37.2. The van der Waals surface area contributed by atoms with Crippen molar-refractivity contribution in [3.8, 4) is 11.5 Å². The van der Waals surface area contributed by atoms with E-state index in [9.17, 15) is 14.4 Å². The Morgan fingerprint density at radius 2 is 2.00 bits per heavy atom. The quantitative estimate of drug-likeness (QED) is 0.673. The molecule has 136 valence electrons. The van der Waals surface area contributed by atoms with Crippen LogP contribution in [0.15, 0.2) is 18.2 Å². The number of hydrogen-bond donors (Lipinski definition) is 2. The van der Waals surface area contributed by atoms with Crippen LogP contribution in [0, 0.1) is 0 Å². The van der Waals surface area contributed by atoms with Gasteiger partial charge in [0, 0.05) is 11.8 Å². The molecule has 1 fully saturated rings. The van der Waals surface area contributed by atoms with Crippen LogP contribution in [0.1, 0.15) is 6.42 Å². The second-order valence-corrected chi connectivity index (χ2v) is 6.31. The number of amides is 4. The van der Waals surface area contributed by atoms with Gasteiger partial charge in [0.25, 0.3) is 5.91 Å². The maximum atomic E-state index is 12.2. The number of anilines is 1. The van der Waals surface area contributed by atoms with Gasteiger partial charge < -0.3 is 20.1 Å². The molecule has 2 N–H and O–H groups in total. The highest BCUT2D eigenvalue weighted by Crippen LogP contribution is 2.29. The molecule has 0 spiro atoms.